The number of unbranched alkanes of at least 4 members (excludes halogenated alkanes) is 1. The Morgan fingerprint density at radius 1 is 1.29 bits per heavy atom. The Morgan fingerprint density at radius 3 is 3.00 bits per heavy atom. The van der Waals surface area contributed by atoms with E-state index in [0.29, 0.717) is 11.1 Å². The Hall–Kier alpha value is -1.77. The topological polar surface area (TPSA) is 39.4 Å². The number of cyclic esters (lactones) is 1. The second-order valence-electron chi connectivity index (χ2n) is 4.40. The van der Waals surface area contributed by atoms with E-state index in [4.69, 9.17) is 9.15 Å². The lowest BCUT2D eigenvalue weighted by atomic mass is 9.99. The molecule has 3 nitrogen and oxygen atoms in total. The molecule has 3 rings (SSSR count). The second-order valence-corrected chi connectivity index (χ2v) is 4.40. The first-order valence-corrected chi connectivity index (χ1v) is 6.02. The molecule has 1 aliphatic heterocycles. The molecule has 3 heteroatoms. The van der Waals surface area contributed by atoms with Crippen molar-refractivity contribution >= 4 is 16.9 Å². The van der Waals surface area contributed by atoms with Crippen LogP contribution in [0, 0.1) is 0 Å². The van der Waals surface area contributed by atoms with Gasteiger partial charge in [0.05, 0.1) is 6.26 Å². The van der Waals surface area contributed by atoms with Gasteiger partial charge in [0.25, 0.3) is 0 Å². The Morgan fingerprint density at radius 2 is 2.18 bits per heavy atom. The Bertz CT molecular complexity index is 568. The lowest BCUT2D eigenvalue weighted by Gasteiger charge is -2.08. The lowest BCUT2D eigenvalue weighted by molar-refractivity contribution is 0.0365. The highest BCUT2D eigenvalue weighted by Gasteiger charge is 2.33. The summed E-state index contributed by atoms with van der Waals surface area (Å²) in [6.07, 6.45) is 4.57. The van der Waals surface area contributed by atoms with Crippen LogP contribution in [0.3, 0.4) is 0 Å². The van der Waals surface area contributed by atoms with Gasteiger partial charge in [-0.1, -0.05) is 25.5 Å². The van der Waals surface area contributed by atoms with Crippen LogP contribution in [0.4, 0.5) is 0 Å². The molecule has 0 amide bonds. The van der Waals surface area contributed by atoms with Crippen molar-refractivity contribution < 1.29 is 13.9 Å². The number of rotatable bonds is 3. The highest BCUT2D eigenvalue weighted by Crippen LogP contribution is 2.38. The van der Waals surface area contributed by atoms with Gasteiger partial charge in [0, 0.05) is 10.9 Å². The Balaban J connectivity index is 2.08. The number of hydrogen-bond acceptors (Lipinski definition) is 3. The molecular weight excluding hydrogens is 216 g/mol. The summed E-state index contributed by atoms with van der Waals surface area (Å²) in [5.41, 5.74) is 2.26. The minimum Gasteiger partial charge on any atom is -0.463 e. The van der Waals surface area contributed by atoms with Crippen LogP contribution < -0.4 is 0 Å². The molecular formula is C14H14O3. The van der Waals surface area contributed by atoms with Gasteiger partial charge in [-0.25, -0.2) is 4.79 Å². The van der Waals surface area contributed by atoms with Gasteiger partial charge in [0.1, 0.15) is 17.3 Å². The van der Waals surface area contributed by atoms with Crippen molar-refractivity contribution in [1.82, 2.24) is 0 Å². The van der Waals surface area contributed by atoms with Gasteiger partial charge in [-0.2, -0.15) is 0 Å². The number of carbonyl (C=O) groups excluding carboxylic acids is 1. The maximum Gasteiger partial charge on any atom is 0.343 e. The summed E-state index contributed by atoms with van der Waals surface area (Å²) < 4.78 is 10.8. The Labute approximate surface area is 99.4 Å². The highest BCUT2D eigenvalue weighted by molar-refractivity contribution is 6.05. The van der Waals surface area contributed by atoms with E-state index < -0.39 is 0 Å². The average Bonchev–Trinajstić information content (AvgIpc) is 2.90. The first-order chi connectivity index (χ1) is 8.31. The van der Waals surface area contributed by atoms with Crippen molar-refractivity contribution in [3.8, 4) is 0 Å². The maximum absolute atomic E-state index is 11.9. The summed E-state index contributed by atoms with van der Waals surface area (Å²) >= 11 is 0. The molecule has 0 aliphatic carbocycles. The zero-order valence-electron chi connectivity index (χ0n) is 9.73. The number of furan rings is 1. The van der Waals surface area contributed by atoms with Crippen molar-refractivity contribution in [2.75, 3.05) is 0 Å². The molecule has 2 aromatic rings. The fourth-order valence-corrected chi connectivity index (χ4v) is 2.38. The first-order valence-electron chi connectivity index (χ1n) is 6.02. The van der Waals surface area contributed by atoms with Gasteiger partial charge in [-0.3, -0.25) is 0 Å². The molecule has 1 aromatic heterocycles. The second kappa shape index (κ2) is 3.91. The van der Waals surface area contributed by atoms with Gasteiger partial charge < -0.3 is 9.15 Å². The molecule has 1 atom stereocenters. The average molecular weight is 230 g/mol. The Kier molecular flexibility index (Phi) is 2.39. The normalized spacial score (nSPS) is 18.4. The quantitative estimate of drug-likeness (QED) is 0.752. The van der Waals surface area contributed by atoms with Crippen LogP contribution in [0.15, 0.2) is 28.9 Å². The molecule has 88 valence electrons. The third-order valence-corrected chi connectivity index (χ3v) is 3.27. The minimum atomic E-state index is -0.248. The molecule has 0 bridgehead atoms. The van der Waals surface area contributed by atoms with Crippen LogP contribution in [0.1, 0.15) is 48.2 Å². The summed E-state index contributed by atoms with van der Waals surface area (Å²) in [5.74, 6) is -0.248. The fraction of sp³-hybridized carbons (Fsp3) is 0.357. The number of fused-ring (bicyclic) bond motifs is 3. The molecule has 0 saturated heterocycles. The van der Waals surface area contributed by atoms with E-state index in [0.717, 1.165) is 30.2 Å². The van der Waals surface area contributed by atoms with Crippen LogP contribution in [-0.4, -0.2) is 5.97 Å². The standard InChI is InChI=1S/C14H14O3/c1-2-3-4-11-10-6-5-9-7-8-16-13(9)12(10)14(15)17-11/h5-8,11H,2-4H2,1H3/t11-/m0/s1. The van der Waals surface area contributed by atoms with E-state index in [-0.39, 0.29) is 12.1 Å². The van der Waals surface area contributed by atoms with Gasteiger partial charge in [-0.15, -0.1) is 0 Å². The minimum absolute atomic E-state index is 0.0908. The van der Waals surface area contributed by atoms with Gasteiger partial charge >= 0.3 is 5.97 Å². The SMILES string of the molecule is CCCC[C@@H]1OC(=O)c2c1ccc1ccoc21. The molecule has 0 unspecified atom stereocenters. The molecule has 0 N–H and O–H groups in total. The number of ether oxygens (including phenoxy) is 1. The number of esters is 1. The molecule has 0 radical (unpaired) electrons. The third kappa shape index (κ3) is 1.54. The van der Waals surface area contributed by atoms with E-state index >= 15 is 0 Å². The van der Waals surface area contributed by atoms with Crippen LogP contribution in [0.2, 0.25) is 0 Å². The smallest absolute Gasteiger partial charge is 0.343 e. The number of benzene rings is 1. The molecule has 17 heavy (non-hydrogen) atoms. The predicted octanol–water partition coefficient (Wildman–Crippen LogP) is 3.83. The molecule has 1 aromatic carbocycles. The van der Waals surface area contributed by atoms with Gasteiger partial charge in [0.15, 0.2) is 0 Å². The van der Waals surface area contributed by atoms with Gasteiger partial charge in [0.2, 0.25) is 0 Å². The van der Waals surface area contributed by atoms with E-state index in [9.17, 15) is 4.79 Å². The summed E-state index contributed by atoms with van der Waals surface area (Å²) in [5, 5.41) is 0.955. The fourth-order valence-electron chi connectivity index (χ4n) is 2.38. The highest BCUT2D eigenvalue weighted by atomic mass is 16.5. The largest absolute Gasteiger partial charge is 0.463 e. The van der Waals surface area contributed by atoms with Crippen molar-refractivity contribution in [3.63, 3.8) is 0 Å². The van der Waals surface area contributed by atoms with Crippen molar-refractivity contribution in [2.45, 2.75) is 32.3 Å². The summed E-state index contributed by atoms with van der Waals surface area (Å²) in [4.78, 5) is 11.9. The van der Waals surface area contributed by atoms with Crippen LogP contribution in [0.25, 0.3) is 11.0 Å². The van der Waals surface area contributed by atoms with Crippen LogP contribution >= 0.6 is 0 Å². The molecule has 0 fully saturated rings. The molecule has 0 saturated carbocycles. The number of carbonyl (C=O) groups is 1. The summed E-state index contributed by atoms with van der Waals surface area (Å²) in [6.45, 7) is 2.13. The van der Waals surface area contributed by atoms with Crippen LogP contribution in [-0.2, 0) is 4.74 Å². The monoisotopic (exact) mass is 230 g/mol. The molecule has 2 heterocycles. The zero-order valence-corrected chi connectivity index (χ0v) is 9.73. The van der Waals surface area contributed by atoms with E-state index in [2.05, 4.69) is 6.92 Å². The third-order valence-electron chi connectivity index (χ3n) is 3.27. The van der Waals surface area contributed by atoms with E-state index in [1.54, 1.807) is 6.26 Å². The van der Waals surface area contributed by atoms with Crippen molar-refractivity contribution in [1.29, 1.82) is 0 Å². The zero-order chi connectivity index (χ0) is 11.8. The predicted molar refractivity (Wildman–Crippen MR) is 63.9 cm³/mol. The lowest BCUT2D eigenvalue weighted by Crippen LogP contribution is -1.98. The maximum atomic E-state index is 11.9. The van der Waals surface area contributed by atoms with E-state index in [1.807, 2.05) is 18.2 Å². The van der Waals surface area contributed by atoms with Crippen molar-refractivity contribution in [3.05, 3.63) is 35.6 Å². The summed E-state index contributed by atoms with van der Waals surface area (Å²) in [6, 6.07) is 5.83. The first kappa shape index (κ1) is 10.4. The van der Waals surface area contributed by atoms with E-state index in [1.165, 1.54) is 0 Å². The van der Waals surface area contributed by atoms with Crippen molar-refractivity contribution in [2.24, 2.45) is 0 Å². The number of hydrogen-bond donors (Lipinski definition) is 0. The van der Waals surface area contributed by atoms with Gasteiger partial charge in [-0.05, 0) is 18.9 Å². The van der Waals surface area contributed by atoms with Crippen LogP contribution in [0.5, 0.6) is 0 Å². The summed E-state index contributed by atoms with van der Waals surface area (Å²) in [7, 11) is 0. The molecule has 0 spiro atoms. The molecule has 1 aliphatic rings.